The van der Waals surface area contributed by atoms with Gasteiger partial charge in [0, 0.05) is 16.5 Å². The summed E-state index contributed by atoms with van der Waals surface area (Å²) in [6.07, 6.45) is 1.61. The minimum absolute atomic E-state index is 0.0160. The Morgan fingerprint density at radius 2 is 1.81 bits per heavy atom. The van der Waals surface area contributed by atoms with Gasteiger partial charge in [0.1, 0.15) is 11.9 Å². The van der Waals surface area contributed by atoms with Gasteiger partial charge in [0.2, 0.25) is 0 Å². The van der Waals surface area contributed by atoms with Crippen LogP contribution in [-0.4, -0.2) is 20.2 Å². The maximum absolute atomic E-state index is 14.0. The summed E-state index contributed by atoms with van der Waals surface area (Å²) in [6, 6.07) is 9.62. The number of rotatable bonds is 2. The molecule has 27 heavy (non-hydrogen) atoms. The number of nitriles is 1. The smallest absolute Gasteiger partial charge is 0.183 e. The number of hydrogen-bond acceptors (Lipinski definition) is 5. The largest absolute Gasteiger partial charge is 0.381 e. The monoisotopic (exact) mass is 398 g/mol. The maximum Gasteiger partial charge on any atom is 0.183 e. The Balaban J connectivity index is 2.02. The van der Waals surface area contributed by atoms with Crippen LogP contribution in [-0.2, 0) is 0 Å². The molecule has 0 atom stereocenters. The van der Waals surface area contributed by atoms with E-state index in [1.165, 1.54) is 12.1 Å². The van der Waals surface area contributed by atoms with Gasteiger partial charge in [-0.25, -0.2) is 14.4 Å². The lowest BCUT2D eigenvalue weighted by Crippen LogP contribution is -2.03. The molecule has 9 heteroatoms. The highest BCUT2D eigenvalue weighted by Crippen LogP contribution is 2.35. The van der Waals surface area contributed by atoms with Crippen molar-refractivity contribution in [2.75, 3.05) is 5.73 Å². The number of nitrogen functional groups attached to an aromatic ring is 1. The van der Waals surface area contributed by atoms with Crippen LogP contribution >= 0.6 is 23.2 Å². The fraction of sp³-hybridized carbons (Fsp3) is 0. The third-order valence-corrected chi connectivity index (χ3v) is 4.60. The SMILES string of the molecule is N#Cc1nc(-c2cc(Cl)c3[nH]ncc3c2)c(-c2ccc(Cl)c(F)c2)nc1N. The van der Waals surface area contributed by atoms with E-state index in [1.54, 1.807) is 24.4 Å². The molecule has 0 amide bonds. The van der Waals surface area contributed by atoms with Gasteiger partial charge in [0.05, 0.1) is 33.1 Å². The van der Waals surface area contributed by atoms with Gasteiger partial charge in [-0.1, -0.05) is 29.3 Å². The lowest BCUT2D eigenvalue weighted by molar-refractivity contribution is 0.628. The summed E-state index contributed by atoms with van der Waals surface area (Å²) >= 11 is 12.1. The van der Waals surface area contributed by atoms with E-state index in [4.69, 9.17) is 28.9 Å². The number of nitrogens with two attached hydrogens (primary N) is 1. The zero-order chi connectivity index (χ0) is 19.1. The number of aromatic amines is 1. The quantitative estimate of drug-likeness (QED) is 0.513. The molecule has 0 saturated heterocycles. The molecular weight excluding hydrogens is 390 g/mol. The van der Waals surface area contributed by atoms with Crippen molar-refractivity contribution in [3.05, 3.63) is 58.1 Å². The van der Waals surface area contributed by atoms with Gasteiger partial charge in [-0.2, -0.15) is 10.4 Å². The van der Waals surface area contributed by atoms with Crippen LogP contribution in [0.15, 0.2) is 36.5 Å². The second-order valence-electron chi connectivity index (χ2n) is 5.69. The molecule has 0 unspecified atom stereocenters. The molecule has 0 aliphatic rings. The fourth-order valence-electron chi connectivity index (χ4n) is 2.73. The molecule has 0 radical (unpaired) electrons. The van der Waals surface area contributed by atoms with Crippen molar-refractivity contribution >= 4 is 39.9 Å². The van der Waals surface area contributed by atoms with Crippen molar-refractivity contribution in [1.82, 2.24) is 20.2 Å². The van der Waals surface area contributed by atoms with Crippen LogP contribution in [0.1, 0.15) is 5.69 Å². The van der Waals surface area contributed by atoms with Gasteiger partial charge in [-0.15, -0.1) is 0 Å². The average Bonchev–Trinajstić information content (AvgIpc) is 3.13. The Labute approximate surface area is 162 Å². The number of fused-ring (bicyclic) bond motifs is 1. The van der Waals surface area contributed by atoms with E-state index in [9.17, 15) is 9.65 Å². The molecule has 2 aromatic heterocycles. The molecule has 0 aliphatic carbocycles. The molecule has 6 nitrogen and oxygen atoms in total. The van der Waals surface area contributed by atoms with Gasteiger partial charge >= 0.3 is 0 Å². The topological polar surface area (TPSA) is 104 Å². The van der Waals surface area contributed by atoms with Crippen LogP contribution in [0.25, 0.3) is 33.4 Å². The van der Waals surface area contributed by atoms with Crippen molar-refractivity contribution in [1.29, 1.82) is 5.26 Å². The third-order valence-electron chi connectivity index (χ3n) is 4.00. The zero-order valence-electron chi connectivity index (χ0n) is 13.5. The first-order chi connectivity index (χ1) is 13.0. The van der Waals surface area contributed by atoms with Gasteiger partial charge in [0.25, 0.3) is 0 Å². The summed E-state index contributed by atoms with van der Waals surface area (Å²) in [6.45, 7) is 0. The number of H-pyrrole nitrogens is 1. The second-order valence-corrected chi connectivity index (χ2v) is 6.50. The molecule has 0 fully saturated rings. The van der Waals surface area contributed by atoms with Crippen molar-refractivity contribution in [3.63, 3.8) is 0 Å². The average molecular weight is 399 g/mol. The van der Waals surface area contributed by atoms with Gasteiger partial charge < -0.3 is 5.73 Å². The Morgan fingerprint density at radius 1 is 1.04 bits per heavy atom. The molecule has 3 N–H and O–H groups in total. The predicted molar refractivity (Wildman–Crippen MR) is 102 cm³/mol. The summed E-state index contributed by atoms with van der Waals surface area (Å²) in [5.41, 5.74) is 8.11. The van der Waals surface area contributed by atoms with Crippen LogP contribution in [0.4, 0.5) is 10.2 Å². The van der Waals surface area contributed by atoms with E-state index in [2.05, 4.69) is 20.2 Å². The minimum atomic E-state index is -0.604. The minimum Gasteiger partial charge on any atom is -0.381 e. The van der Waals surface area contributed by atoms with E-state index in [1.807, 2.05) is 6.07 Å². The molecule has 2 heterocycles. The van der Waals surface area contributed by atoms with E-state index in [0.29, 0.717) is 33.1 Å². The van der Waals surface area contributed by atoms with E-state index in [-0.39, 0.29) is 16.5 Å². The standard InChI is InChI=1S/C18H9Cl2FN6/c19-11-2-1-8(5-13(11)21)16-17(25-14(6-22)18(23)26-16)9-3-10-7-24-27-15(10)12(20)4-9/h1-5,7H,(H2,23,26)(H,24,27). The Morgan fingerprint density at radius 3 is 2.56 bits per heavy atom. The van der Waals surface area contributed by atoms with Gasteiger partial charge in [-0.05, 0) is 24.3 Å². The Hall–Kier alpha value is -3.21. The molecule has 4 aromatic rings. The molecule has 0 spiro atoms. The number of aromatic nitrogens is 4. The number of anilines is 1. The second kappa shape index (κ2) is 6.50. The summed E-state index contributed by atoms with van der Waals surface area (Å²) < 4.78 is 14.0. The van der Waals surface area contributed by atoms with Crippen LogP contribution < -0.4 is 5.73 Å². The summed E-state index contributed by atoms with van der Waals surface area (Å²) in [7, 11) is 0. The van der Waals surface area contributed by atoms with Crippen molar-refractivity contribution in [2.24, 2.45) is 0 Å². The van der Waals surface area contributed by atoms with Crippen LogP contribution in [0.5, 0.6) is 0 Å². The van der Waals surface area contributed by atoms with E-state index >= 15 is 0 Å². The van der Waals surface area contributed by atoms with E-state index < -0.39 is 5.82 Å². The lowest BCUT2D eigenvalue weighted by Gasteiger charge is -2.11. The first-order valence-corrected chi connectivity index (χ1v) is 8.39. The van der Waals surface area contributed by atoms with Crippen LogP contribution in [0.2, 0.25) is 10.0 Å². The van der Waals surface area contributed by atoms with Gasteiger partial charge in [-0.3, -0.25) is 5.10 Å². The molecule has 132 valence electrons. The first kappa shape index (κ1) is 17.2. The molecule has 0 bridgehead atoms. The maximum atomic E-state index is 14.0. The number of hydrogen-bond donors (Lipinski definition) is 2. The van der Waals surface area contributed by atoms with Gasteiger partial charge in [0.15, 0.2) is 11.5 Å². The molecule has 4 rings (SSSR count). The molecular formula is C18H9Cl2FN6. The number of halogens is 3. The summed E-state index contributed by atoms with van der Waals surface area (Å²) in [4.78, 5) is 8.60. The number of benzene rings is 2. The Bertz CT molecular complexity index is 1240. The highest BCUT2D eigenvalue weighted by atomic mass is 35.5. The molecule has 0 aliphatic heterocycles. The van der Waals surface area contributed by atoms with Crippen LogP contribution in [0.3, 0.4) is 0 Å². The Kier molecular flexibility index (Phi) is 4.15. The van der Waals surface area contributed by atoms with E-state index in [0.717, 1.165) is 5.39 Å². The van der Waals surface area contributed by atoms with Crippen molar-refractivity contribution in [2.45, 2.75) is 0 Å². The summed E-state index contributed by atoms with van der Waals surface area (Å²) in [5.74, 6) is -0.657. The summed E-state index contributed by atoms with van der Waals surface area (Å²) in [5, 5.41) is 17.2. The third kappa shape index (κ3) is 2.95. The highest BCUT2D eigenvalue weighted by Gasteiger charge is 2.18. The molecule has 2 aromatic carbocycles. The highest BCUT2D eigenvalue weighted by molar-refractivity contribution is 6.35. The number of nitrogens with one attached hydrogen (secondary N) is 1. The van der Waals surface area contributed by atoms with Crippen molar-refractivity contribution < 1.29 is 4.39 Å². The first-order valence-electron chi connectivity index (χ1n) is 7.64. The zero-order valence-corrected chi connectivity index (χ0v) is 15.0. The lowest BCUT2D eigenvalue weighted by atomic mass is 10.0. The number of nitrogens with zero attached hydrogens (tertiary/aromatic N) is 4. The van der Waals surface area contributed by atoms with Crippen LogP contribution in [0, 0.1) is 17.1 Å². The normalized spacial score (nSPS) is 10.9. The molecule has 0 saturated carbocycles. The van der Waals surface area contributed by atoms with Crippen molar-refractivity contribution in [3.8, 4) is 28.6 Å². The predicted octanol–water partition coefficient (Wildman–Crippen LogP) is 4.59. The fourth-order valence-corrected chi connectivity index (χ4v) is 3.11.